The van der Waals surface area contributed by atoms with Gasteiger partial charge in [-0.3, -0.25) is 4.79 Å². The van der Waals surface area contributed by atoms with E-state index in [-0.39, 0.29) is 12.1 Å². The highest BCUT2D eigenvalue weighted by molar-refractivity contribution is 5.85. The number of esters is 1. The highest BCUT2D eigenvalue weighted by Crippen LogP contribution is 2.34. The van der Waals surface area contributed by atoms with Gasteiger partial charge in [-0.25, -0.2) is 4.85 Å². The van der Waals surface area contributed by atoms with Gasteiger partial charge in [0.25, 0.3) is 5.89 Å². The minimum absolute atomic E-state index is 0.0274. The third kappa shape index (κ3) is 5.04. The normalized spacial score (nSPS) is 11.0. The number of nitrogens with zero attached hydrogens (tertiary/aromatic N) is 3. The van der Waals surface area contributed by atoms with E-state index in [4.69, 9.17) is 20.6 Å². The Hall–Kier alpha value is -4.12. The molecule has 4 aromatic rings. The Kier molecular flexibility index (Phi) is 6.41. The molecule has 0 unspecified atom stereocenters. The SMILES string of the molecule is [C-]#[N+]c1cc(-c2nc(-c3ccc4[nH]c(CCC(=O)OCC)cc4c3)no2)ccc1OC(C)C. The van der Waals surface area contributed by atoms with Crippen molar-refractivity contribution in [3.05, 3.63) is 59.6 Å². The minimum Gasteiger partial charge on any atom is -0.502 e. The molecule has 0 atom stereocenters. The Morgan fingerprint density at radius 1 is 1.18 bits per heavy atom. The van der Waals surface area contributed by atoms with Gasteiger partial charge in [-0.1, -0.05) is 5.16 Å². The molecular formula is C25H24N4O4. The lowest BCUT2D eigenvalue weighted by atomic mass is 10.1. The number of benzene rings is 2. The number of hydrogen-bond acceptors (Lipinski definition) is 6. The van der Waals surface area contributed by atoms with Gasteiger partial charge in [-0.05, 0) is 69.7 Å². The van der Waals surface area contributed by atoms with Crippen LogP contribution < -0.4 is 4.74 Å². The third-order valence-electron chi connectivity index (χ3n) is 4.95. The van der Waals surface area contributed by atoms with Gasteiger partial charge in [0, 0.05) is 27.7 Å². The van der Waals surface area contributed by atoms with Crippen molar-refractivity contribution in [1.29, 1.82) is 0 Å². The summed E-state index contributed by atoms with van der Waals surface area (Å²) in [6.45, 7) is 13.4. The second kappa shape index (κ2) is 9.57. The monoisotopic (exact) mass is 444 g/mol. The number of H-pyrrole nitrogens is 1. The average Bonchev–Trinajstić information content (AvgIpc) is 3.44. The van der Waals surface area contributed by atoms with Crippen LogP contribution in [0.2, 0.25) is 0 Å². The minimum atomic E-state index is -0.207. The first-order valence-electron chi connectivity index (χ1n) is 10.8. The summed E-state index contributed by atoms with van der Waals surface area (Å²) >= 11 is 0. The van der Waals surface area contributed by atoms with Gasteiger partial charge >= 0.3 is 5.97 Å². The topological polar surface area (TPSA) is 94.6 Å². The zero-order chi connectivity index (χ0) is 23.4. The van der Waals surface area contributed by atoms with Crippen molar-refractivity contribution in [3.63, 3.8) is 0 Å². The molecule has 168 valence electrons. The van der Waals surface area contributed by atoms with Crippen LogP contribution in [0.5, 0.6) is 5.75 Å². The third-order valence-corrected chi connectivity index (χ3v) is 4.95. The van der Waals surface area contributed by atoms with Crippen molar-refractivity contribution in [2.24, 2.45) is 0 Å². The van der Waals surface area contributed by atoms with Crippen LogP contribution in [0.4, 0.5) is 5.69 Å². The summed E-state index contributed by atoms with van der Waals surface area (Å²) in [5.41, 5.74) is 3.77. The number of aromatic nitrogens is 3. The van der Waals surface area contributed by atoms with Crippen LogP contribution in [0.3, 0.4) is 0 Å². The Morgan fingerprint density at radius 2 is 2.00 bits per heavy atom. The van der Waals surface area contributed by atoms with Gasteiger partial charge < -0.3 is 19.0 Å². The quantitative estimate of drug-likeness (QED) is 0.276. The molecule has 0 saturated carbocycles. The second-order valence-electron chi connectivity index (χ2n) is 7.79. The second-order valence-corrected chi connectivity index (χ2v) is 7.79. The number of fused-ring (bicyclic) bond motifs is 1. The molecule has 0 amide bonds. The summed E-state index contributed by atoms with van der Waals surface area (Å²) in [7, 11) is 0. The summed E-state index contributed by atoms with van der Waals surface area (Å²) in [5, 5.41) is 5.11. The highest BCUT2D eigenvalue weighted by atomic mass is 16.5. The molecule has 1 N–H and O–H groups in total. The summed E-state index contributed by atoms with van der Waals surface area (Å²) in [6, 6.07) is 13.1. The fraction of sp³-hybridized carbons (Fsp3) is 0.280. The molecule has 0 aliphatic carbocycles. The predicted octanol–water partition coefficient (Wildman–Crippen LogP) is 5.72. The van der Waals surface area contributed by atoms with Crippen LogP contribution in [0.15, 0.2) is 47.0 Å². The molecule has 0 saturated heterocycles. The van der Waals surface area contributed by atoms with Gasteiger partial charge in [0.15, 0.2) is 0 Å². The standard InChI is InChI=1S/C25H24N4O4/c1-5-31-23(30)11-8-19-13-18-12-16(6-9-20(18)27-19)24-28-25(33-29-24)17-7-10-22(32-15(2)3)21(14-17)26-4/h6-7,9-10,12-15,27H,5,8,11H2,1-3H3. The molecule has 2 heterocycles. The molecule has 0 bridgehead atoms. The molecule has 2 aromatic heterocycles. The molecule has 0 fully saturated rings. The average molecular weight is 444 g/mol. The van der Waals surface area contributed by atoms with E-state index in [9.17, 15) is 4.79 Å². The van der Waals surface area contributed by atoms with Crippen molar-refractivity contribution in [2.45, 2.75) is 39.7 Å². The molecule has 33 heavy (non-hydrogen) atoms. The van der Waals surface area contributed by atoms with Crippen LogP contribution in [-0.4, -0.2) is 33.8 Å². The first-order valence-corrected chi connectivity index (χ1v) is 10.8. The largest absolute Gasteiger partial charge is 0.502 e. The first kappa shape index (κ1) is 22.1. The van der Waals surface area contributed by atoms with Crippen LogP contribution in [0.25, 0.3) is 38.6 Å². The summed E-state index contributed by atoms with van der Waals surface area (Å²) < 4.78 is 16.1. The van der Waals surface area contributed by atoms with E-state index in [1.54, 1.807) is 25.1 Å². The molecule has 0 radical (unpaired) electrons. The van der Waals surface area contributed by atoms with E-state index in [0.717, 1.165) is 22.2 Å². The first-order chi connectivity index (χ1) is 16.0. The van der Waals surface area contributed by atoms with Crippen molar-refractivity contribution >= 4 is 22.6 Å². The fourth-order valence-electron chi connectivity index (χ4n) is 3.49. The molecule has 4 rings (SSSR count). The van der Waals surface area contributed by atoms with Gasteiger partial charge in [0.05, 0.1) is 25.7 Å². The van der Waals surface area contributed by atoms with E-state index in [1.807, 2.05) is 38.1 Å². The summed E-state index contributed by atoms with van der Waals surface area (Å²) in [4.78, 5) is 23.0. The number of carbonyl (C=O) groups is 1. The lowest BCUT2D eigenvalue weighted by Gasteiger charge is -2.11. The van der Waals surface area contributed by atoms with E-state index in [1.165, 1.54) is 0 Å². The van der Waals surface area contributed by atoms with Crippen LogP contribution in [-0.2, 0) is 16.0 Å². The van der Waals surface area contributed by atoms with Gasteiger partial charge in [0.2, 0.25) is 11.5 Å². The Bertz CT molecular complexity index is 1330. The summed E-state index contributed by atoms with van der Waals surface area (Å²) in [6.07, 6.45) is 0.880. The number of nitrogens with one attached hydrogen (secondary N) is 1. The molecule has 0 aliphatic heterocycles. The van der Waals surface area contributed by atoms with E-state index >= 15 is 0 Å². The van der Waals surface area contributed by atoms with Crippen LogP contribution in [0.1, 0.15) is 32.9 Å². The Morgan fingerprint density at radius 3 is 2.76 bits per heavy atom. The maximum absolute atomic E-state index is 11.6. The Labute approximate surface area is 191 Å². The molecule has 2 aromatic carbocycles. The molecule has 8 heteroatoms. The summed E-state index contributed by atoms with van der Waals surface area (Å²) in [5.74, 6) is 1.10. The number of aromatic amines is 1. The van der Waals surface area contributed by atoms with E-state index < -0.39 is 0 Å². The zero-order valence-corrected chi connectivity index (χ0v) is 18.7. The number of carbonyl (C=O) groups excluding carboxylic acids is 1. The van der Waals surface area contributed by atoms with Crippen molar-refractivity contribution in [1.82, 2.24) is 15.1 Å². The molecular weight excluding hydrogens is 420 g/mol. The van der Waals surface area contributed by atoms with E-state index in [0.29, 0.717) is 48.2 Å². The maximum Gasteiger partial charge on any atom is 0.306 e. The molecule has 0 spiro atoms. The van der Waals surface area contributed by atoms with Gasteiger partial charge in [-0.2, -0.15) is 4.98 Å². The predicted molar refractivity (Wildman–Crippen MR) is 124 cm³/mol. The van der Waals surface area contributed by atoms with Crippen LogP contribution >= 0.6 is 0 Å². The van der Waals surface area contributed by atoms with Crippen LogP contribution in [0, 0.1) is 6.57 Å². The maximum atomic E-state index is 11.6. The van der Waals surface area contributed by atoms with E-state index in [2.05, 4.69) is 20.0 Å². The fourth-order valence-corrected chi connectivity index (χ4v) is 3.49. The van der Waals surface area contributed by atoms with Crippen molar-refractivity contribution in [2.75, 3.05) is 6.61 Å². The number of rotatable bonds is 8. The van der Waals surface area contributed by atoms with Gasteiger partial charge in [-0.15, -0.1) is 0 Å². The Balaban J connectivity index is 1.55. The number of ether oxygens (including phenoxy) is 2. The molecule has 0 aliphatic rings. The number of hydrogen-bond donors (Lipinski definition) is 1. The lowest BCUT2D eigenvalue weighted by Crippen LogP contribution is -2.05. The lowest BCUT2D eigenvalue weighted by molar-refractivity contribution is -0.143. The smallest absolute Gasteiger partial charge is 0.306 e. The zero-order valence-electron chi connectivity index (χ0n) is 18.7. The number of aryl methyl sites for hydroxylation is 1. The van der Waals surface area contributed by atoms with Crippen molar-refractivity contribution in [3.8, 4) is 28.6 Å². The van der Waals surface area contributed by atoms with Crippen molar-refractivity contribution < 1.29 is 18.8 Å². The highest BCUT2D eigenvalue weighted by Gasteiger charge is 2.15. The molecule has 8 nitrogen and oxygen atoms in total. The van der Waals surface area contributed by atoms with Gasteiger partial charge in [0.1, 0.15) is 5.75 Å².